The van der Waals surface area contributed by atoms with Gasteiger partial charge < -0.3 is 0 Å². The van der Waals surface area contributed by atoms with Gasteiger partial charge in [-0.2, -0.15) is 0 Å². The largest absolute Gasteiger partial charge is 0.271 e. The van der Waals surface area contributed by atoms with E-state index in [1.54, 1.807) is 0 Å². The molecule has 0 saturated heterocycles. The van der Waals surface area contributed by atoms with Crippen molar-refractivity contribution in [3.05, 3.63) is 42.1 Å². The van der Waals surface area contributed by atoms with Crippen LogP contribution in [0.4, 0.5) is 0 Å². The van der Waals surface area contributed by atoms with Crippen LogP contribution in [0.3, 0.4) is 0 Å². The van der Waals surface area contributed by atoms with Crippen LogP contribution in [-0.2, 0) is 0 Å². The van der Waals surface area contributed by atoms with Crippen LogP contribution in [-0.4, -0.2) is 4.98 Å². The molecule has 0 spiro atoms. The normalized spacial score (nSPS) is 24.1. The smallest absolute Gasteiger partial charge is 0.0702 e. The number of nitrogens with one attached hydrogen (secondary N) is 1. The van der Waals surface area contributed by atoms with Crippen molar-refractivity contribution in [2.45, 2.75) is 38.6 Å². The van der Waals surface area contributed by atoms with Crippen LogP contribution in [0.5, 0.6) is 0 Å². The van der Waals surface area contributed by atoms with Crippen LogP contribution in [0.25, 0.3) is 10.9 Å². The Morgan fingerprint density at radius 1 is 1.35 bits per heavy atom. The SMILES string of the molecule is CCC1CCC(C(NN)c2ccc3ncccc3c2)C1. The molecule has 3 unspecified atom stereocenters. The van der Waals surface area contributed by atoms with Crippen molar-refractivity contribution in [2.24, 2.45) is 17.7 Å². The van der Waals surface area contributed by atoms with Crippen LogP contribution in [0.2, 0.25) is 0 Å². The lowest BCUT2D eigenvalue weighted by Crippen LogP contribution is -2.32. The van der Waals surface area contributed by atoms with E-state index in [2.05, 4.69) is 41.6 Å². The maximum atomic E-state index is 5.85. The summed E-state index contributed by atoms with van der Waals surface area (Å²) in [5, 5.41) is 1.19. The molecule has 3 nitrogen and oxygen atoms in total. The fourth-order valence-electron chi connectivity index (χ4n) is 3.58. The van der Waals surface area contributed by atoms with Crippen molar-refractivity contribution in [3.8, 4) is 0 Å². The second kappa shape index (κ2) is 5.90. The second-order valence-electron chi connectivity index (χ2n) is 5.95. The summed E-state index contributed by atoms with van der Waals surface area (Å²) in [4.78, 5) is 4.38. The van der Waals surface area contributed by atoms with Crippen molar-refractivity contribution in [1.82, 2.24) is 10.4 Å². The predicted octanol–water partition coefficient (Wildman–Crippen LogP) is 3.57. The maximum absolute atomic E-state index is 5.85. The van der Waals surface area contributed by atoms with Crippen molar-refractivity contribution >= 4 is 10.9 Å². The molecule has 3 atom stereocenters. The van der Waals surface area contributed by atoms with Crippen molar-refractivity contribution < 1.29 is 0 Å². The minimum Gasteiger partial charge on any atom is -0.271 e. The van der Waals surface area contributed by atoms with Gasteiger partial charge in [-0.3, -0.25) is 16.3 Å². The number of hydrazine groups is 1. The second-order valence-corrected chi connectivity index (χ2v) is 5.95. The van der Waals surface area contributed by atoms with Gasteiger partial charge in [-0.25, -0.2) is 0 Å². The van der Waals surface area contributed by atoms with Gasteiger partial charge in [0.15, 0.2) is 0 Å². The number of benzene rings is 1. The zero-order chi connectivity index (χ0) is 13.9. The van der Waals surface area contributed by atoms with Crippen LogP contribution in [0.1, 0.15) is 44.2 Å². The summed E-state index contributed by atoms with van der Waals surface area (Å²) in [6.45, 7) is 2.29. The fourth-order valence-corrected chi connectivity index (χ4v) is 3.58. The molecule has 20 heavy (non-hydrogen) atoms. The molecule has 0 radical (unpaired) electrons. The Kier molecular flexibility index (Phi) is 3.99. The molecule has 3 heteroatoms. The molecule has 1 heterocycles. The molecule has 0 aliphatic heterocycles. The van der Waals surface area contributed by atoms with Crippen molar-refractivity contribution in [2.75, 3.05) is 0 Å². The maximum Gasteiger partial charge on any atom is 0.0702 e. The highest BCUT2D eigenvalue weighted by Gasteiger charge is 2.30. The lowest BCUT2D eigenvalue weighted by molar-refractivity contribution is 0.358. The highest BCUT2D eigenvalue weighted by atomic mass is 15.2. The van der Waals surface area contributed by atoms with E-state index >= 15 is 0 Å². The average molecular weight is 269 g/mol. The standard InChI is InChI=1S/C17H23N3/c1-2-12-5-6-14(10-12)17(20-18)15-7-8-16-13(11-15)4-3-9-19-16/h3-4,7-9,11-12,14,17,20H,2,5-6,10,18H2,1H3. The summed E-state index contributed by atoms with van der Waals surface area (Å²) in [7, 11) is 0. The van der Waals surface area contributed by atoms with E-state index in [9.17, 15) is 0 Å². The minimum absolute atomic E-state index is 0.260. The molecule has 0 bridgehead atoms. The van der Waals surface area contributed by atoms with Gasteiger partial charge >= 0.3 is 0 Å². The number of pyridine rings is 1. The number of fused-ring (bicyclic) bond motifs is 1. The van der Waals surface area contributed by atoms with Gasteiger partial charge in [0.2, 0.25) is 0 Å². The summed E-state index contributed by atoms with van der Waals surface area (Å²) in [5.41, 5.74) is 5.38. The highest BCUT2D eigenvalue weighted by molar-refractivity contribution is 5.79. The predicted molar refractivity (Wildman–Crippen MR) is 82.9 cm³/mol. The number of rotatable bonds is 4. The molecular formula is C17H23N3. The van der Waals surface area contributed by atoms with Crippen LogP contribution < -0.4 is 11.3 Å². The Hall–Kier alpha value is -1.45. The van der Waals surface area contributed by atoms with E-state index < -0.39 is 0 Å². The Balaban J connectivity index is 1.87. The number of hydrogen-bond acceptors (Lipinski definition) is 3. The third-order valence-corrected chi connectivity index (χ3v) is 4.80. The van der Waals surface area contributed by atoms with E-state index in [4.69, 9.17) is 5.84 Å². The lowest BCUT2D eigenvalue weighted by atomic mass is 9.90. The van der Waals surface area contributed by atoms with Gasteiger partial charge in [0, 0.05) is 17.6 Å². The molecule has 1 aliphatic carbocycles. The van der Waals surface area contributed by atoms with E-state index in [0.717, 1.165) is 11.4 Å². The van der Waals surface area contributed by atoms with E-state index in [1.165, 1.54) is 36.6 Å². The Morgan fingerprint density at radius 3 is 3.00 bits per heavy atom. The zero-order valence-electron chi connectivity index (χ0n) is 12.0. The van der Waals surface area contributed by atoms with Gasteiger partial charge in [-0.1, -0.05) is 31.9 Å². The zero-order valence-corrected chi connectivity index (χ0v) is 12.0. The quantitative estimate of drug-likeness (QED) is 0.659. The van der Waals surface area contributed by atoms with Crippen molar-refractivity contribution in [3.63, 3.8) is 0 Å². The Bertz CT molecular complexity index is 581. The average Bonchev–Trinajstić information content (AvgIpc) is 2.97. The Morgan fingerprint density at radius 2 is 2.25 bits per heavy atom. The van der Waals surface area contributed by atoms with Gasteiger partial charge in [0.05, 0.1) is 5.52 Å². The van der Waals surface area contributed by atoms with Gasteiger partial charge in [0.25, 0.3) is 0 Å². The Labute approximate surface area is 120 Å². The summed E-state index contributed by atoms with van der Waals surface area (Å²) in [6.07, 6.45) is 7.03. The van der Waals surface area contributed by atoms with Crippen LogP contribution in [0, 0.1) is 11.8 Å². The van der Waals surface area contributed by atoms with Crippen molar-refractivity contribution in [1.29, 1.82) is 0 Å². The third-order valence-electron chi connectivity index (χ3n) is 4.80. The molecule has 1 fully saturated rings. The van der Waals surface area contributed by atoms with Gasteiger partial charge in [0.1, 0.15) is 0 Å². The lowest BCUT2D eigenvalue weighted by Gasteiger charge is -2.23. The number of hydrogen-bond donors (Lipinski definition) is 2. The molecule has 1 saturated carbocycles. The molecule has 106 valence electrons. The van der Waals surface area contributed by atoms with E-state index in [0.29, 0.717) is 5.92 Å². The fraction of sp³-hybridized carbons (Fsp3) is 0.471. The summed E-state index contributed by atoms with van der Waals surface area (Å²) < 4.78 is 0. The summed E-state index contributed by atoms with van der Waals surface area (Å²) in [5.74, 6) is 7.37. The topological polar surface area (TPSA) is 50.9 Å². The first-order chi connectivity index (χ1) is 9.81. The molecule has 1 aromatic carbocycles. The first-order valence-electron chi connectivity index (χ1n) is 7.62. The molecule has 1 aromatic heterocycles. The number of aromatic nitrogens is 1. The molecule has 1 aliphatic rings. The van der Waals surface area contributed by atoms with E-state index in [-0.39, 0.29) is 6.04 Å². The first kappa shape index (κ1) is 13.5. The number of nitrogens with two attached hydrogens (primary N) is 1. The van der Waals surface area contributed by atoms with Crippen LogP contribution in [0.15, 0.2) is 36.5 Å². The molecule has 3 N–H and O–H groups in total. The van der Waals surface area contributed by atoms with E-state index in [1.807, 2.05) is 12.3 Å². The minimum atomic E-state index is 0.260. The third kappa shape index (κ3) is 2.56. The van der Waals surface area contributed by atoms with Gasteiger partial charge in [-0.15, -0.1) is 0 Å². The molecular weight excluding hydrogens is 246 g/mol. The summed E-state index contributed by atoms with van der Waals surface area (Å²) in [6, 6.07) is 10.9. The first-order valence-corrected chi connectivity index (χ1v) is 7.62. The number of nitrogens with zero attached hydrogens (tertiary/aromatic N) is 1. The van der Waals surface area contributed by atoms with Crippen LogP contribution >= 0.6 is 0 Å². The highest BCUT2D eigenvalue weighted by Crippen LogP contribution is 2.40. The molecule has 2 aromatic rings. The molecule has 0 amide bonds. The van der Waals surface area contributed by atoms with Gasteiger partial charge in [-0.05, 0) is 48.4 Å². The monoisotopic (exact) mass is 269 g/mol. The molecule has 3 rings (SSSR count). The summed E-state index contributed by atoms with van der Waals surface area (Å²) >= 11 is 0.